The smallest absolute Gasteiger partial charge is 0.411 e. The molecule has 0 bridgehead atoms. The number of hydrogen-bond acceptors (Lipinski definition) is 4. The lowest BCUT2D eigenvalue weighted by Crippen LogP contribution is -2.58. The molecule has 1 N–H and O–H groups in total. The van der Waals surface area contributed by atoms with E-state index < -0.39 is 37.4 Å². The first-order valence-corrected chi connectivity index (χ1v) is 14.3. The second-order valence-corrected chi connectivity index (χ2v) is 16.6. The molecule has 1 aromatic rings. The van der Waals surface area contributed by atoms with Gasteiger partial charge in [0.15, 0.2) is 0 Å². The summed E-state index contributed by atoms with van der Waals surface area (Å²) in [6, 6.07) is 7.10. The summed E-state index contributed by atoms with van der Waals surface area (Å²) in [5.74, 6) is -0.152. The van der Waals surface area contributed by atoms with Crippen molar-refractivity contribution in [3.8, 4) is 5.75 Å². The highest BCUT2D eigenvalue weighted by molar-refractivity contribution is 6.74. The number of hydrogen-bond donors (Lipinski definition) is 1. The predicted octanol–water partition coefficient (Wildman–Crippen LogP) is 6.06. The maximum absolute atomic E-state index is 12.8. The van der Waals surface area contributed by atoms with Crippen molar-refractivity contribution in [3.63, 3.8) is 0 Å². The van der Waals surface area contributed by atoms with Crippen LogP contribution < -0.4 is 4.43 Å². The Morgan fingerprint density at radius 2 is 1.75 bits per heavy atom. The SMILES string of the molecule is C[C@H]1CN(C(=O)OC(C)(C)C)[C@@H](C(=O)O)CC1(C)c1cccc(O[Si](C)(C)C(C)(C)C)c1. The average Bonchev–Trinajstić information content (AvgIpc) is 2.61. The van der Waals surface area contributed by atoms with E-state index in [4.69, 9.17) is 9.16 Å². The first kappa shape index (κ1) is 26.2. The third kappa shape index (κ3) is 5.66. The van der Waals surface area contributed by atoms with Gasteiger partial charge in [0.05, 0.1) is 0 Å². The summed E-state index contributed by atoms with van der Waals surface area (Å²) in [7, 11) is -2.00. The van der Waals surface area contributed by atoms with Crippen LogP contribution in [0.2, 0.25) is 18.1 Å². The summed E-state index contributed by atoms with van der Waals surface area (Å²) < 4.78 is 12.0. The molecule has 0 saturated carbocycles. The van der Waals surface area contributed by atoms with E-state index in [9.17, 15) is 14.7 Å². The van der Waals surface area contributed by atoms with Crippen molar-refractivity contribution < 1.29 is 23.9 Å². The van der Waals surface area contributed by atoms with Crippen LogP contribution >= 0.6 is 0 Å². The highest BCUT2D eigenvalue weighted by Crippen LogP contribution is 2.44. The summed E-state index contributed by atoms with van der Waals surface area (Å²) in [4.78, 5) is 26.3. The number of rotatable bonds is 4. The maximum Gasteiger partial charge on any atom is 0.411 e. The summed E-state index contributed by atoms with van der Waals surface area (Å²) in [5.41, 5.74) is -0.0650. The monoisotopic (exact) mass is 463 g/mol. The molecule has 1 saturated heterocycles. The zero-order chi connectivity index (χ0) is 24.7. The van der Waals surface area contributed by atoms with Crippen molar-refractivity contribution in [2.24, 2.45) is 5.92 Å². The van der Waals surface area contributed by atoms with Gasteiger partial charge in [-0.3, -0.25) is 4.90 Å². The molecule has 1 aromatic carbocycles. The highest BCUT2D eigenvalue weighted by atomic mass is 28.4. The van der Waals surface area contributed by atoms with E-state index in [2.05, 4.69) is 53.8 Å². The van der Waals surface area contributed by atoms with Crippen molar-refractivity contribution in [1.29, 1.82) is 0 Å². The Bertz CT molecular complexity index is 855. The minimum absolute atomic E-state index is 0.0359. The molecular formula is C25H41NO5Si. The van der Waals surface area contributed by atoms with E-state index >= 15 is 0 Å². The lowest BCUT2D eigenvalue weighted by atomic mass is 9.66. The van der Waals surface area contributed by atoms with Gasteiger partial charge in [0.1, 0.15) is 17.4 Å². The van der Waals surface area contributed by atoms with Crippen LogP contribution in [-0.2, 0) is 14.9 Å². The Kier molecular flexibility index (Phi) is 7.15. The molecule has 0 aromatic heterocycles. The number of carbonyl (C=O) groups is 2. The molecule has 6 nitrogen and oxygen atoms in total. The average molecular weight is 464 g/mol. The van der Waals surface area contributed by atoms with Gasteiger partial charge in [-0.05, 0) is 74.4 Å². The van der Waals surface area contributed by atoms with Crippen LogP contribution in [0.1, 0.15) is 67.4 Å². The molecule has 32 heavy (non-hydrogen) atoms. The molecule has 180 valence electrons. The van der Waals surface area contributed by atoms with Gasteiger partial charge in [0, 0.05) is 6.54 Å². The van der Waals surface area contributed by atoms with Crippen molar-refractivity contribution in [3.05, 3.63) is 29.8 Å². The number of ether oxygens (including phenoxy) is 1. The van der Waals surface area contributed by atoms with Gasteiger partial charge in [-0.15, -0.1) is 0 Å². The summed E-state index contributed by atoms with van der Waals surface area (Å²) >= 11 is 0. The lowest BCUT2D eigenvalue weighted by Gasteiger charge is -2.48. The van der Waals surface area contributed by atoms with Crippen LogP contribution in [0.3, 0.4) is 0 Å². The Labute approximate surface area is 194 Å². The van der Waals surface area contributed by atoms with Gasteiger partial charge in [-0.1, -0.05) is 46.8 Å². The van der Waals surface area contributed by atoms with Gasteiger partial charge in [0.25, 0.3) is 0 Å². The Hall–Kier alpha value is -2.02. The molecule has 0 aliphatic carbocycles. The molecule has 1 unspecified atom stereocenters. The standard InChI is InChI=1S/C25H41NO5Si/c1-17-16-26(22(29)30-23(2,3)4)20(21(27)28)15-25(17,8)18-12-11-13-19(14-18)31-32(9,10)24(5,6)7/h11-14,17,20H,15-16H2,1-10H3,(H,27,28)/t17-,20+,25?/m0/s1. The number of carboxylic acid groups (broad SMARTS) is 1. The van der Waals surface area contributed by atoms with Crippen LogP contribution in [0.25, 0.3) is 0 Å². The fourth-order valence-electron chi connectivity index (χ4n) is 3.84. The second-order valence-electron chi connectivity index (χ2n) is 11.9. The first-order chi connectivity index (χ1) is 14.4. The van der Waals surface area contributed by atoms with Gasteiger partial charge in [-0.2, -0.15) is 0 Å². The zero-order valence-electron chi connectivity index (χ0n) is 21.4. The lowest BCUT2D eigenvalue weighted by molar-refractivity contribution is -0.146. The van der Waals surface area contributed by atoms with E-state index in [0.717, 1.165) is 11.3 Å². The van der Waals surface area contributed by atoms with Crippen molar-refractivity contribution in [2.75, 3.05) is 6.54 Å². The molecule has 2 rings (SSSR count). The molecule has 0 spiro atoms. The molecule has 0 radical (unpaired) electrons. The summed E-state index contributed by atoms with van der Waals surface area (Å²) in [6.45, 7) is 20.9. The number of likely N-dealkylation sites (tertiary alicyclic amines) is 1. The fourth-order valence-corrected chi connectivity index (χ4v) is 4.87. The molecule has 3 atom stereocenters. The molecule has 1 aliphatic rings. The second kappa shape index (κ2) is 8.73. The Morgan fingerprint density at radius 1 is 1.16 bits per heavy atom. The van der Waals surface area contributed by atoms with Gasteiger partial charge in [-0.25, -0.2) is 9.59 Å². The van der Waals surface area contributed by atoms with Crippen LogP contribution in [-0.4, -0.2) is 48.6 Å². The Balaban J connectivity index is 2.36. The van der Waals surface area contributed by atoms with E-state index in [1.165, 1.54) is 4.90 Å². The molecule has 1 fully saturated rings. The summed E-state index contributed by atoms with van der Waals surface area (Å²) in [5, 5.41) is 10.0. The van der Waals surface area contributed by atoms with E-state index in [0.29, 0.717) is 13.0 Å². The van der Waals surface area contributed by atoms with Gasteiger partial charge in [0.2, 0.25) is 8.32 Å². The van der Waals surface area contributed by atoms with Crippen LogP contribution in [0.4, 0.5) is 4.79 Å². The third-order valence-corrected chi connectivity index (χ3v) is 11.5. The Morgan fingerprint density at radius 3 is 2.25 bits per heavy atom. The van der Waals surface area contributed by atoms with Crippen molar-refractivity contribution in [2.45, 2.75) is 97.0 Å². The van der Waals surface area contributed by atoms with Gasteiger partial charge >= 0.3 is 12.1 Å². The highest BCUT2D eigenvalue weighted by Gasteiger charge is 2.48. The normalized spacial score (nSPS) is 24.8. The molecule has 1 amide bonds. The predicted molar refractivity (Wildman–Crippen MR) is 130 cm³/mol. The number of benzene rings is 1. The topological polar surface area (TPSA) is 76.1 Å². The summed E-state index contributed by atoms with van der Waals surface area (Å²) in [6.07, 6.45) is -0.263. The number of carboxylic acids is 1. The van der Waals surface area contributed by atoms with E-state index in [1.807, 2.05) is 18.2 Å². The van der Waals surface area contributed by atoms with E-state index in [-0.39, 0.29) is 11.0 Å². The molecular weight excluding hydrogens is 422 g/mol. The number of carbonyl (C=O) groups excluding carboxylic acids is 1. The van der Waals surface area contributed by atoms with Crippen LogP contribution in [0.5, 0.6) is 5.75 Å². The van der Waals surface area contributed by atoms with Gasteiger partial charge < -0.3 is 14.3 Å². The molecule has 1 heterocycles. The number of aliphatic carboxylic acids is 1. The number of nitrogens with zero attached hydrogens (tertiary/aromatic N) is 1. The van der Waals surface area contributed by atoms with Crippen molar-refractivity contribution >= 4 is 20.4 Å². The molecule has 7 heteroatoms. The largest absolute Gasteiger partial charge is 0.543 e. The number of piperidine rings is 1. The molecule has 1 aliphatic heterocycles. The number of amides is 1. The minimum atomic E-state index is -2.00. The fraction of sp³-hybridized carbons (Fsp3) is 0.680. The zero-order valence-corrected chi connectivity index (χ0v) is 22.4. The van der Waals surface area contributed by atoms with Crippen LogP contribution in [0, 0.1) is 5.92 Å². The van der Waals surface area contributed by atoms with E-state index in [1.54, 1.807) is 20.8 Å². The van der Waals surface area contributed by atoms with Crippen molar-refractivity contribution in [1.82, 2.24) is 4.90 Å². The minimum Gasteiger partial charge on any atom is -0.543 e. The third-order valence-electron chi connectivity index (χ3n) is 7.14. The van der Waals surface area contributed by atoms with Crippen LogP contribution in [0.15, 0.2) is 24.3 Å². The maximum atomic E-state index is 12.8. The quantitative estimate of drug-likeness (QED) is 0.549. The first-order valence-electron chi connectivity index (χ1n) is 11.4.